The molecule has 3 aromatic rings. The molecule has 1 aliphatic carbocycles. The summed E-state index contributed by atoms with van der Waals surface area (Å²) in [4.78, 5) is 29.6. The number of rotatable bonds is 11. The van der Waals surface area contributed by atoms with Gasteiger partial charge in [-0.25, -0.2) is 4.39 Å². The number of aromatic nitrogens is 4. The van der Waals surface area contributed by atoms with Crippen LogP contribution in [-0.2, 0) is 22.7 Å². The number of nitrogens with one attached hydrogen (secondary N) is 1. The molecule has 1 aromatic carbocycles. The molecular weight excluding hydrogens is 451 g/mol. The Morgan fingerprint density at radius 3 is 2.69 bits per heavy atom. The third-order valence-corrected chi connectivity index (χ3v) is 6.27. The molecule has 0 spiro atoms. The molecule has 35 heavy (non-hydrogen) atoms. The highest BCUT2D eigenvalue weighted by molar-refractivity contribution is 5.87. The molecule has 1 aliphatic rings. The van der Waals surface area contributed by atoms with Gasteiger partial charge in [-0.05, 0) is 60.9 Å². The van der Waals surface area contributed by atoms with Gasteiger partial charge in [0.05, 0.1) is 12.8 Å². The van der Waals surface area contributed by atoms with Crippen LogP contribution in [0.1, 0.15) is 57.6 Å². The van der Waals surface area contributed by atoms with Gasteiger partial charge in [0, 0.05) is 11.6 Å². The van der Waals surface area contributed by atoms with Gasteiger partial charge in [0.25, 0.3) is 0 Å². The summed E-state index contributed by atoms with van der Waals surface area (Å²) in [6.07, 6.45) is 7.95. The van der Waals surface area contributed by atoms with Crippen LogP contribution < -0.4 is 5.32 Å². The van der Waals surface area contributed by atoms with Crippen LogP contribution in [0.25, 0.3) is 11.4 Å². The summed E-state index contributed by atoms with van der Waals surface area (Å²) >= 11 is 0. The molecule has 4 rings (SSSR count). The van der Waals surface area contributed by atoms with E-state index >= 15 is 0 Å². The maximum absolute atomic E-state index is 13.5. The number of benzene rings is 1. The molecule has 1 atom stereocenters. The normalized spacial score (nSPS) is 14.7. The predicted molar refractivity (Wildman–Crippen MR) is 126 cm³/mol. The van der Waals surface area contributed by atoms with Gasteiger partial charge in [0.15, 0.2) is 0 Å². The molecule has 1 N–H and O–H groups in total. The van der Waals surface area contributed by atoms with Crippen LogP contribution in [0.4, 0.5) is 4.39 Å². The van der Waals surface area contributed by atoms with Crippen molar-refractivity contribution in [3.05, 3.63) is 54.2 Å². The van der Waals surface area contributed by atoms with E-state index in [0.717, 1.165) is 38.5 Å². The standard InChI is InChI=1S/C25H31FN6O3/c1-2-3-10-22(25(34)27-20-7-4-5-8-20)31(16-21-9-6-15-35-21)23(33)17-32-29-24(28-30-32)18-11-13-19(26)14-12-18/h6,9,11-15,20,22H,2-5,7-8,10,16-17H2,1H3,(H,27,34)/t22-/m1/s1. The van der Waals surface area contributed by atoms with Crippen molar-refractivity contribution in [3.8, 4) is 11.4 Å². The van der Waals surface area contributed by atoms with E-state index in [-0.39, 0.29) is 42.6 Å². The highest BCUT2D eigenvalue weighted by Gasteiger charge is 2.32. The van der Waals surface area contributed by atoms with E-state index in [4.69, 9.17) is 4.42 Å². The van der Waals surface area contributed by atoms with Crippen LogP contribution in [0.3, 0.4) is 0 Å². The van der Waals surface area contributed by atoms with Crippen LogP contribution in [0.2, 0.25) is 0 Å². The van der Waals surface area contributed by atoms with Crippen molar-refractivity contribution in [2.24, 2.45) is 0 Å². The second-order valence-electron chi connectivity index (χ2n) is 8.90. The van der Waals surface area contributed by atoms with Crippen LogP contribution in [0.5, 0.6) is 0 Å². The lowest BCUT2D eigenvalue weighted by Gasteiger charge is -2.31. The first kappa shape index (κ1) is 24.6. The Balaban J connectivity index is 1.53. The average Bonchev–Trinajstić information content (AvgIpc) is 3.63. The molecule has 0 unspecified atom stereocenters. The smallest absolute Gasteiger partial charge is 0.247 e. The van der Waals surface area contributed by atoms with Crippen molar-refractivity contribution < 1.29 is 18.4 Å². The zero-order valence-corrected chi connectivity index (χ0v) is 19.9. The quantitative estimate of drug-likeness (QED) is 0.447. The number of nitrogens with zero attached hydrogens (tertiary/aromatic N) is 5. The first-order valence-electron chi connectivity index (χ1n) is 12.2. The Morgan fingerprint density at radius 1 is 1.23 bits per heavy atom. The van der Waals surface area contributed by atoms with E-state index in [1.165, 1.54) is 16.9 Å². The van der Waals surface area contributed by atoms with Crippen molar-refractivity contribution >= 4 is 11.8 Å². The Hall–Kier alpha value is -3.56. The Morgan fingerprint density at radius 2 is 2.00 bits per heavy atom. The number of amides is 2. The van der Waals surface area contributed by atoms with Gasteiger partial charge in [-0.1, -0.05) is 32.6 Å². The van der Waals surface area contributed by atoms with Gasteiger partial charge < -0.3 is 14.6 Å². The summed E-state index contributed by atoms with van der Waals surface area (Å²) in [5, 5.41) is 15.4. The Kier molecular flexibility index (Phi) is 8.23. The average molecular weight is 483 g/mol. The maximum atomic E-state index is 13.5. The van der Waals surface area contributed by atoms with Crippen molar-refractivity contribution in [2.75, 3.05) is 0 Å². The van der Waals surface area contributed by atoms with E-state index in [1.54, 1.807) is 35.4 Å². The summed E-state index contributed by atoms with van der Waals surface area (Å²) in [6, 6.07) is 8.79. The van der Waals surface area contributed by atoms with Crippen LogP contribution in [0.15, 0.2) is 47.1 Å². The molecule has 2 amide bonds. The van der Waals surface area contributed by atoms with E-state index in [1.807, 2.05) is 0 Å². The third-order valence-electron chi connectivity index (χ3n) is 6.27. The van der Waals surface area contributed by atoms with E-state index in [2.05, 4.69) is 27.7 Å². The molecule has 0 radical (unpaired) electrons. The van der Waals surface area contributed by atoms with Gasteiger partial charge >= 0.3 is 0 Å². The molecule has 9 nitrogen and oxygen atoms in total. The molecule has 186 valence electrons. The van der Waals surface area contributed by atoms with Gasteiger partial charge in [0.1, 0.15) is 24.2 Å². The fraction of sp³-hybridized carbons (Fsp3) is 0.480. The molecule has 0 saturated heterocycles. The highest BCUT2D eigenvalue weighted by Crippen LogP contribution is 2.21. The lowest BCUT2D eigenvalue weighted by Crippen LogP contribution is -2.52. The van der Waals surface area contributed by atoms with E-state index < -0.39 is 6.04 Å². The molecule has 1 fully saturated rings. The van der Waals surface area contributed by atoms with Crippen molar-refractivity contribution in [1.82, 2.24) is 30.4 Å². The van der Waals surface area contributed by atoms with Crippen molar-refractivity contribution in [1.29, 1.82) is 0 Å². The largest absolute Gasteiger partial charge is 0.467 e. The number of halogens is 1. The third kappa shape index (κ3) is 6.52. The number of furan rings is 1. The fourth-order valence-corrected chi connectivity index (χ4v) is 4.37. The number of hydrogen-bond acceptors (Lipinski definition) is 6. The molecule has 2 heterocycles. The summed E-state index contributed by atoms with van der Waals surface area (Å²) in [7, 11) is 0. The fourth-order valence-electron chi connectivity index (χ4n) is 4.37. The first-order chi connectivity index (χ1) is 17.0. The zero-order valence-electron chi connectivity index (χ0n) is 19.9. The van der Waals surface area contributed by atoms with Crippen LogP contribution in [-0.4, -0.2) is 49.0 Å². The monoisotopic (exact) mass is 482 g/mol. The number of unbranched alkanes of at least 4 members (excludes halogenated alkanes) is 1. The summed E-state index contributed by atoms with van der Waals surface area (Å²) in [6.45, 7) is 2.03. The van der Waals surface area contributed by atoms with Gasteiger partial charge in [-0.2, -0.15) is 4.80 Å². The summed E-state index contributed by atoms with van der Waals surface area (Å²) in [5.41, 5.74) is 0.592. The molecule has 0 bridgehead atoms. The minimum atomic E-state index is -0.631. The molecule has 2 aromatic heterocycles. The maximum Gasteiger partial charge on any atom is 0.247 e. The molecular formula is C25H31FN6O3. The molecule has 1 saturated carbocycles. The topological polar surface area (TPSA) is 106 Å². The van der Waals surface area contributed by atoms with E-state index in [0.29, 0.717) is 17.7 Å². The number of tetrazole rings is 1. The Bertz CT molecular complexity index is 1090. The van der Waals surface area contributed by atoms with Crippen molar-refractivity contribution in [3.63, 3.8) is 0 Å². The second-order valence-corrected chi connectivity index (χ2v) is 8.90. The minimum absolute atomic E-state index is 0.135. The van der Waals surface area contributed by atoms with Crippen molar-refractivity contribution in [2.45, 2.75) is 77.0 Å². The highest BCUT2D eigenvalue weighted by atomic mass is 19.1. The second kappa shape index (κ2) is 11.7. The first-order valence-corrected chi connectivity index (χ1v) is 12.2. The lowest BCUT2D eigenvalue weighted by molar-refractivity contribution is -0.143. The number of hydrogen-bond donors (Lipinski definition) is 1. The van der Waals surface area contributed by atoms with Crippen LogP contribution >= 0.6 is 0 Å². The minimum Gasteiger partial charge on any atom is -0.467 e. The van der Waals surface area contributed by atoms with E-state index in [9.17, 15) is 14.0 Å². The summed E-state index contributed by atoms with van der Waals surface area (Å²) in [5.74, 6) is 0.0683. The predicted octanol–water partition coefficient (Wildman–Crippen LogP) is 3.72. The molecule has 10 heteroatoms. The Labute approximate surface area is 203 Å². The summed E-state index contributed by atoms with van der Waals surface area (Å²) < 4.78 is 18.7. The van der Waals surface area contributed by atoms with Gasteiger partial charge in [0.2, 0.25) is 17.6 Å². The molecule has 0 aliphatic heterocycles. The number of carbonyl (C=O) groups is 2. The van der Waals surface area contributed by atoms with Crippen LogP contribution in [0, 0.1) is 5.82 Å². The lowest BCUT2D eigenvalue weighted by atomic mass is 10.1. The zero-order chi connectivity index (χ0) is 24.6. The SMILES string of the molecule is CCCC[C@H](C(=O)NC1CCCC1)N(Cc1ccco1)C(=O)Cn1nnc(-c2ccc(F)cc2)n1. The van der Waals surface area contributed by atoms with Gasteiger partial charge in [-0.3, -0.25) is 9.59 Å². The van der Waals surface area contributed by atoms with Gasteiger partial charge in [-0.15, -0.1) is 10.2 Å². The number of carbonyl (C=O) groups excluding carboxylic acids is 2.